The molecule has 2 saturated heterocycles. The van der Waals surface area contributed by atoms with Crippen LogP contribution in [0.1, 0.15) is 62.6 Å². The molecule has 2 heterocycles. The van der Waals surface area contributed by atoms with Gasteiger partial charge in [0.1, 0.15) is 18.0 Å². The lowest BCUT2D eigenvalue weighted by Gasteiger charge is -2.52. The van der Waals surface area contributed by atoms with Gasteiger partial charge in [0.15, 0.2) is 0 Å². The zero-order valence-corrected chi connectivity index (χ0v) is 26.4. The van der Waals surface area contributed by atoms with Crippen molar-refractivity contribution in [2.24, 2.45) is 5.41 Å². The second-order valence-electron chi connectivity index (χ2n) is 13.3. The largest absolute Gasteiger partial charge is 0.489 e. The second-order valence-corrected chi connectivity index (χ2v) is 13.3. The van der Waals surface area contributed by atoms with Crippen molar-refractivity contribution >= 4 is 12.0 Å². The highest BCUT2D eigenvalue weighted by Gasteiger charge is 2.62. The molecule has 2 fully saturated rings. The number of amides is 2. The van der Waals surface area contributed by atoms with Gasteiger partial charge in [-0.3, -0.25) is 4.79 Å². The molecule has 0 saturated carbocycles. The smallest absolute Gasteiger partial charge is 0.430 e. The minimum absolute atomic E-state index is 0.0278. The van der Waals surface area contributed by atoms with Crippen LogP contribution in [-0.2, 0) is 21.7 Å². The molecule has 3 aromatic rings. The van der Waals surface area contributed by atoms with Gasteiger partial charge in [0, 0.05) is 37.7 Å². The Kier molecular flexibility index (Phi) is 9.40. The first-order valence-electron chi connectivity index (χ1n) is 15.6. The van der Waals surface area contributed by atoms with E-state index in [1.165, 1.54) is 18.2 Å². The van der Waals surface area contributed by atoms with Crippen molar-refractivity contribution in [3.63, 3.8) is 0 Å². The molecule has 1 N–H and O–H groups in total. The molecule has 0 aromatic heterocycles. The van der Waals surface area contributed by atoms with Crippen LogP contribution in [-0.4, -0.2) is 64.9 Å². The third-order valence-corrected chi connectivity index (χ3v) is 9.16. The van der Waals surface area contributed by atoms with E-state index < -0.39 is 40.4 Å². The first kappa shape index (κ1) is 33.3. The Bertz CT molecular complexity index is 1500. The maximum absolute atomic E-state index is 14.3. The van der Waals surface area contributed by atoms with E-state index in [-0.39, 0.29) is 19.0 Å². The predicted molar refractivity (Wildman–Crippen MR) is 167 cm³/mol. The van der Waals surface area contributed by atoms with Crippen molar-refractivity contribution in [3.05, 3.63) is 102 Å². The number of hydrogen-bond donors (Lipinski definition) is 1. The number of carbonyl (C=O) groups is 2. The average Bonchev–Trinajstić information content (AvgIpc) is 3.03. The molecule has 2 atom stereocenters. The Hall–Kier alpha value is -4.05. The Morgan fingerprint density at radius 2 is 1.37 bits per heavy atom. The van der Waals surface area contributed by atoms with E-state index in [0.29, 0.717) is 44.7 Å². The summed E-state index contributed by atoms with van der Waals surface area (Å²) in [6.45, 7) is 6.56. The molecule has 1 unspecified atom stereocenters. The molecule has 1 spiro atoms. The van der Waals surface area contributed by atoms with E-state index in [1.54, 1.807) is 4.90 Å². The summed E-state index contributed by atoms with van der Waals surface area (Å²) in [5.41, 5.74) is -3.41. The molecule has 5 rings (SSSR count). The number of ether oxygens (including phenoxy) is 2. The van der Waals surface area contributed by atoms with Gasteiger partial charge in [0.2, 0.25) is 0 Å². The molecule has 2 aliphatic rings. The van der Waals surface area contributed by atoms with Crippen molar-refractivity contribution in [1.29, 1.82) is 0 Å². The fourth-order valence-electron chi connectivity index (χ4n) is 6.66. The molecule has 0 radical (unpaired) electrons. The number of rotatable bonds is 6. The summed E-state index contributed by atoms with van der Waals surface area (Å²) in [6, 6.07) is 23.9. The van der Waals surface area contributed by atoms with E-state index in [4.69, 9.17) is 9.47 Å². The van der Waals surface area contributed by atoms with Gasteiger partial charge in [-0.1, -0.05) is 78.9 Å². The first-order valence-corrected chi connectivity index (χ1v) is 15.6. The van der Waals surface area contributed by atoms with Crippen LogP contribution in [0.2, 0.25) is 0 Å². The van der Waals surface area contributed by atoms with Gasteiger partial charge < -0.3 is 24.4 Å². The minimum atomic E-state index is -5.21. The third kappa shape index (κ3) is 6.87. The third-order valence-electron chi connectivity index (χ3n) is 9.16. The average molecular weight is 639 g/mol. The zero-order valence-electron chi connectivity index (χ0n) is 26.4. The summed E-state index contributed by atoms with van der Waals surface area (Å²) in [7, 11) is 0. The summed E-state index contributed by atoms with van der Waals surface area (Å²) in [4.78, 5) is 29.5. The van der Waals surface area contributed by atoms with Crippen molar-refractivity contribution in [2.45, 2.75) is 69.9 Å². The minimum Gasteiger partial charge on any atom is -0.489 e. The molecule has 3 aromatic carbocycles. The summed E-state index contributed by atoms with van der Waals surface area (Å²) in [6.07, 6.45) is -4.30. The number of benzene rings is 3. The van der Waals surface area contributed by atoms with Gasteiger partial charge >= 0.3 is 12.3 Å². The predicted octanol–water partition coefficient (Wildman–Crippen LogP) is 7.05. The van der Waals surface area contributed by atoms with Gasteiger partial charge in [-0.15, -0.1) is 0 Å². The van der Waals surface area contributed by atoms with E-state index >= 15 is 0 Å². The number of alkyl halides is 3. The van der Waals surface area contributed by atoms with E-state index in [2.05, 4.69) is 0 Å². The highest BCUT2D eigenvalue weighted by Crippen LogP contribution is 2.53. The number of likely N-dealkylation sites (tertiary alicyclic amines) is 2. The Labute approximate surface area is 267 Å². The maximum atomic E-state index is 14.3. The Morgan fingerprint density at radius 3 is 1.96 bits per heavy atom. The van der Waals surface area contributed by atoms with E-state index in [0.717, 1.165) is 28.2 Å². The van der Waals surface area contributed by atoms with Crippen LogP contribution < -0.4 is 4.74 Å². The lowest BCUT2D eigenvalue weighted by atomic mass is 9.62. The summed E-state index contributed by atoms with van der Waals surface area (Å²) < 4.78 is 55.0. The molecule has 0 aliphatic carbocycles. The van der Waals surface area contributed by atoms with Crippen molar-refractivity contribution < 1.29 is 37.3 Å². The summed E-state index contributed by atoms with van der Waals surface area (Å²) in [5, 5.41) is 11.0. The lowest BCUT2D eigenvalue weighted by Crippen LogP contribution is -2.59. The number of aliphatic hydroxyl groups is 1. The molecular formula is C36H41F3N2O5. The van der Waals surface area contributed by atoms with Crippen LogP contribution in [0.25, 0.3) is 0 Å². The number of carbonyl (C=O) groups excluding carboxylic acids is 2. The standard InChI is InChI=1S/C36H41F3N2O5/c1-33(2,3)46-32(43)41-23-20-34(29(24-41)28-16-10-11-17-30(28)45-25-26-12-6-4-7-13-26)18-21-40(22-19-34)31(42)35(44,36(37,38)39)27-14-8-5-9-15-27/h4-17,29,44H,18-25H2,1-3H3/t29?,35-/m1/s1. The second kappa shape index (κ2) is 13.0. The summed E-state index contributed by atoms with van der Waals surface area (Å²) >= 11 is 0. The van der Waals surface area contributed by atoms with Gasteiger partial charge in [-0.05, 0) is 62.6 Å². The van der Waals surface area contributed by atoms with Gasteiger partial charge in [-0.25, -0.2) is 4.79 Å². The van der Waals surface area contributed by atoms with Gasteiger partial charge in [0.05, 0.1) is 0 Å². The number of hydrogen-bond acceptors (Lipinski definition) is 5. The van der Waals surface area contributed by atoms with Crippen LogP contribution in [0.3, 0.4) is 0 Å². The number of nitrogens with zero attached hydrogens (tertiary/aromatic N) is 2. The molecule has 46 heavy (non-hydrogen) atoms. The highest BCUT2D eigenvalue weighted by atomic mass is 19.4. The molecule has 246 valence electrons. The normalized spacial score (nSPS) is 19.8. The maximum Gasteiger partial charge on any atom is 0.430 e. The SMILES string of the molecule is CC(C)(C)OC(=O)N1CCC2(CCN(C(=O)[C@](O)(c3ccccc3)C(F)(F)F)CC2)C(c2ccccc2OCc2ccccc2)C1. The number of piperidine rings is 2. The van der Waals surface area contributed by atoms with Crippen molar-refractivity contribution in [2.75, 3.05) is 26.2 Å². The van der Waals surface area contributed by atoms with Crippen LogP contribution in [0.5, 0.6) is 5.75 Å². The van der Waals surface area contributed by atoms with Crippen LogP contribution in [0, 0.1) is 5.41 Å². The highest BCUT2D eigenvalue weighted by molar-refractivity contribution is 5.87. The molecule has 7 nitrogen and oxygen atoms in total. The van der Waals surface area contributed by atoms with Gasteiger partial charge in [-0.2, -0.15) is 13.2 Å². The first-order chi connectivity index (χ1) is 21.7. The number of para-hydroxylation sites is 1. The van der Waals surface area contributed by atoms with Crippen molar-refractivity contribution in [3.8, 4) is 5.75 Å². The summed E-state index contributed by atoms with van der Waals surface area (Å²) in [5.74, 6) is -0.959. The quantitative estimate of drug-likeness (QED) is 0.313. The Balaban J connectivity index is 1.43. The Morgan fingerprint density at radius 1 is 0.826 bits per heavy atom. The van der Waals surface area contributed by atoms with Gasteiger partial charge in [0.25, 0.3) is 11.5 Å². The number of halogens is 3. The van der Waals surface area contributed by atoms with Crippen LogP contribution in [0.15, 0.2) is 84.9 Å². The van der Waals surface area contributed by atoms with E-state index in [1.807, 2.05) is 75.4 Å². The lowest BCUT2D eigenvalue weighted by molar-refractivity contribution is -0.262. The fourth-order valence-corrected chi connectivity index (χ4v) is 6.66. The molecule has 2 aliphatic heterocycles. The molecular weight excluding hydrogens is 597 g/mol. The topological polar surface area (TPSA) is 79.3 Å². The van der Waals surface area contributed by atoms with Crippen LogP contribution in [0.4, 0.5) is 18.0 Å². The van der Waals surface area contributed by atoms with Crippen molar-refractivity contribution in [1.82, 2.24) is 9.80 Å². The van der Waals surface area contributed by atoms with Crippen LogP contribution >= 0.6 is 0 Å². The zero-order chi connectivity index (χ0) is 33.2. The fraction of sp³-hybridized carbons (Fsp3) is 0.444. The molecule has 2 amide bonds. The molecule has 10 heteroatoms. The molecule has 0 bridgehead atoms. The van der Waals surface area contributed by atoms with E-state index in [9.17, 15) is 27.9 Å². The monoisotopic (exact) mass is 638 g/mol.